The van der Waals surface area contributed by atoms with Gasteiger partial charge in [-0.05, 0) is 84.1 Å². The minimum atomic E-state index is -0.452. The Morgan fingerprint density at radius 1 is 1.12 bits per heavy atom. The quantitative estimate of drug-likeness (QED) is 0.650. The summed E-state index contributed by atoms with van der Waals surface area (Å²) in [4.78, 5) is 18.6. The molecule has 2 aliphatic heterocycles. The van der Waals surface area contributed by atoms with Gasteiger partial charge < -0.3 is 19.1 Å². The molecule has 32 heavy (non-hydrogen) atoms. The Labute approximate surface area is 191 Å². The van der Waals surface area contributed by atoms with Gasteiger partial charge in [0.2, 0.25) is 0 Å². The molecule has 0 aromatic carbocycles. The number of pyridine rings is 1. The largest absolute Gasteiger partial charge is 0.489 e. The van der Waals surface area contributed by atoms with Crippen molar-refractivity contribution in [3.05, 3.63) is 24.0 Å². The van der Waals surface area contributed by atoms with E-state index in [0.717, 1.165) is 58.0 Å². The second kappa shape index (κ2) is 9.66. The van der Waals surface area contributed by atoms with Gasteiger partial charge in [0.15, 0.2) is 0 Å². The number of nitrogens with zero attached hydrogens (tertiary/aromatic N) is 3. The van der Waals surface area contributed by atoms with E-state index < -0.39 is 5.60 Å². The first-order chi connectivity index (χ1) is 15.3. The summed E-state index contributed by atoms with van der Waals surface area (Å²) < 4.78 is 18.0. The number of nitriles is 1. The predicted octanol–water partition coefficient (Wildman–Crippen LogP) is 4.84. The Balaban J connectivity index is 1.20. The molecule has 7 nitrogen and oxygen atoms in total. The van der Waals surface area contributed by atoms with Crippen LogP contribution in [-0.4, -0.2) is 52.5 Å². The van der Waals surface area contributed by atoms with E-state index in [1.807, 2.05) is 25.7 Å². The second-order valence-electron chi connectivity index (χ2n) is 10.4. The zero-order valence-electron chi connectivity index (χ0n) is 19.5. The monoisotopic (exact) mass is 441 g/mol. The fourth-order valence-electron chi connectivity index (χ4n) is 5.38. The topological polar surface area (TPSA) is 84.7 Å². The maximum Gasteiger partial charge on any atom is 0.410 e. The Morgan fingerprint density at radius 3 is 2.41 bits per heavy atom. The summed E-state index contributed by atoms with van der Waals surface area (Å²) in [6.07, 6.45) is 11.4. The summed E-state index contributed by atoms with van der Waals surface area (Å²) in [6, 6.07) is 4.48. The van der Waals surface area contributed by atoms with Crippen LogP contribution in [0.25, 0.3) is 0 Å². The number of carbonyl (C=O) groups is 1. The molecular weight excluding hydrogens is 406 g/mol. The summed E-state index contributed by atoms with van der Waals surface area (Å²) in [5.74, 6) is 1.13. The van der Waals surface area contributed by atoms with Crippen LogP contribution in [0.4, 0.5) is 4.79 Å². The van der Waals surface area contributed by atoms with Crippen molar-refractivity contribution in [3.63, 3.8) is 0 Å². The highest BCUT2D eigenvalue weighted by Gasteiger charge is 2.45. The normalized spacial score (nSPS) is 29.9. The molecule has 2 bridgehead atoms. The van der Waals surface area contributed by atoms with E-state index in [1.54, 1.807) is 18.5 Å². The molecule has 1 saturated carbocycles. The molecule has 1 unspecified atom stereocenters. The van der Waals surface area contributed by atoms with Crippen LogP contribution < -0.4 is 4.74 Å². The van der Waals surface area contributed by atoms with Crippen LogP contribution in [0.2, 0.25) is 0 Å². The predicted molar refractivity (Wildman–Crippen MR) is 119 cm³/mol. The van der Waals surface area contributed by atoms with E-state index >= 15 is 0 Å². The van der Waals surface area contributed by atoms with Gasteiger partial charge >= 0.3 is 6.09 Å². The van der Waals surface area contributed by atoms with Gasteiger partial charge in [-0.25, -0.2) is 4.79 Å². The van der Waals surface area contributed by atoms with Gasteiger partial charge in [0.05, 0.1) is 12.2 Å². The molecule has 3 fully saturated rings. The van der Waals surface area contributed by atoms with E-state index in [4.69, 9.17) is 14.2 Å². The van der Waals surface area contributed by atoms with Crippen molar-refractivity contribution in [2.75, 3.05) is 6.61 Å². The van der Waals surface area contributed by atoms with Crippen LogP contribution in [0, 0.1) is 17.2 Å². The highest BCUT2D eigenvalue weighted by atomic mass is 16.6. The van der Waals surface area contributed by atoms with Crippen molar-refractivity contribution < 1.29 is 19.0 Å². The van der Waals surface area contributed by atoms with E-state index in [2.05, 4.69) is 11.1 Å². The highest BCUT2D eigenvalue weighted by molar-refractivity contribution is 5.69. The Bertz CT molecular complexity index is 824. The molecule has 3 atom stereocenters. The van der Waals surface area contributed by atoms with Gasteiger partial charge in [0.25, 0.3) is 0 Å². The molecule has 1 aromatic rings. The lowest BCUT2D eigenvalue weighted by Crippen LogP contribution is -2.49. The number of rotatable bonds is 5. The number of ether oxygens (including phenoxy) is 3. The zero-order chi connectivity index (χ0) is 22.7. The van der Waals surface area contributed by atoms with Crippen molar-refractivity contribution in [2.24, 2.45) is 5.92 Å². The molecule has 7 heteroatoms. The SMILES string of the molecule is CC(C)(C)OC(=O)N1[C@@H]2CC[C@H]1CC(COC1CCC(Oc3ccncc3C#N)CC1)C2. The van der Waals surface area contributed by atoms with Gasteiger partial charge in [-0.3, -0.25) is 4.98 Å². The molecule has 0 radical (unpaired) electrons. The van der Waals surface area contributed by atoms with E-state index in [1.165, 1.54) is 0 Å². The standard InChI is InChI=1S/C25H35N3O4/c1-25(2,3)32-24(29)28-19-4-5-20(28)13-17(12-19)16-30-21-6-8-22(9-7-21)31-23-10-11-27-15-18(23)14-26/h10-11,15,17,19-22H,4-9,12-13,16H2,1-3H3/t17?,19-,20+,21?,22?. The highest BCUT2D eigenvalue weighted by Crippen LogP contribution is 2.40. The second-order valence-corrected chi connectivity index (χ2v) is 10.4. The molecule has 1 amide bonds. The van der Waals surface area contributed by atoms with Crippen molar-refractivity contribution in [1.29, 1.82) is 5.26 Å². The Morgan fingerprint density at radius 2 is 1.78 bits per heavy atom. The first kappa shape index (κ1) is 22.8. The molecular formula is C25H35N3O4. The molecule has 0 N–H and O–H groups in total. The van der Waals surface area contributed by atoms with Crippen LogP contribution in [0.3, 0.4) is 0 Å². The maximum atomic E-state index is 12.6. The van der Waals surface area contributed by atoms with Crippen LogP contribution in [0.1, 0.15) is 77.7 Å². The lowest BCUT2D eigenvalue weighted by atomic mass is 9.91. The van der Waals surface area contributed by atoms with Crippen molar-refractivity contribution in [3.8, 4) is 11.8 Å². The van der Waals surface area contributed by atoms with Gasteiger partial charge in [-0.2, -0.15) is 5.26 Å². The average Bonchev–Trinajstić information content (AvgIpc) is 3.03. The van der Waals surface area contributed by atoms with Crippen LogP contribution in [0.5, 0.6) is 5.75 Å². The number of carbonyl (C=O) groups excluding carboxylic acids is 1. The Hall–Kier alpha value is -2.33. The minimum Gasteiger partial charge on any atom is -0.489 e. The Kier molecular flexibility index (Phi) is 6.90. The number of piperidine rings is 1. The zero-order valence-corrected chi connectivity index (χ0v) is 19.5. The summed E-state index contributed by atoms with van der Waals surface area (Å²) in [5, 5.41) is 9.20. The molecule has 1 aliphatic carbocycles. The van der Waals surface area contributed by atoms with Gasteiger partial charge in [0.1, 0.15) is 23.0 Å². The van der Waals surface area contributed by atoms with Crippen molar-refractivity contribution in [1.82, 2.24) is 9.88 Å². The van der Waals surface area contributed by atoms with Crippen LogP contribution in [-0.2, 0) is 9.47 Å². The van der Waals surface area contributed by atoms with E-state index in [-0.39, 0.29) is 30.4 Å². The summed E-state index contributed by atoms with van der Waals surface area (Å²) in [7, 11) is 0. The van der Waals surface area contributed by atoms with E-state index in [0.29, 0.717) is 17.2 Å². The maximum absolute atomic E-state index is 12.6. The van der Waals surface area contributed by atoms with Crippen molar-refractivity contribution >= 4 is 6.09 Å². The molecule has 0 spiro atoms. The third-order valence-corrected chi connectivity index (χ3v) is 6.82. The lowest BCUT2D eigenvalue weighted by Gasteiger charge is -2.40. The molecule has 3 heterocycles. The third-order valence-electron chi connectivity index (χ3n) is 6.82. The fourth-order valence-corrected chi connectivity index (χ4v) is 5.38. The lowest BCUT2D eigenvalue weighted by molar-refractivity contribution is -0.0358. The third kappa shape index (κ3) is 5.53. The number of amides is 1. The molecule has 174 valence electrons. The van der Waals surface area contributed by atoms with Crippen molar-refractivity contribution in [2.45, 2.75) is 102 Å². The molecule has 2 saturated heterocycles. The molecule has 4 rings (SSSR count). The molecule has 1 aromatic heterocycles. The molecule has 3 aliphatic rings. The summed E-state index contributed by atoms with van der Waals surface area (Å²) in [5.41, 5.74) is 0.0327. The van der Waals surface area contributed by atoms with Crippen LogP contribution in [0.15, 0.2) is 18.5 Å². The number of hydrogen-bond acceptors (Lipinski definition) is 6. The van der Waals surface area contributed by atoms with E-state index in [9.17, 15) is 10.1 Å². The first-order valence-corrected chi connectivity index (χ1v) is 12.0. The number of hydrogen-bond donors (Lipinski definition) is 0. The van der Waals surface area contributed by atoms with Gasteiger partial charge in [-0.15, -0.1) is 0 Å². The summed E-state index contributed by atoms with van der Waals surface area (Å²) >= 11 is 0. The number of fused-ring (bicyclic) bond motifs is 2. The number of aromatic nitrogens is 1. The first-order valence-electron chi connectivity index (χ1n) is 12.0. The smallest absolute Gasteiger partial charge is 0.410 e. The van der Waals surface area contributed by atoms with Crippen LogP contribution >= 0.6 is 0 Å². The fraction of sp³-hybridized carbons (Fsp3) is 0.720. The minimum absolute atomic E-state index is 0.122. The summed E-state index contributed by atoms with van der Waals surface area (Å²) in [6.45, 7) is 6.54. The van der Waals surface area contributed by atoms with Gasteiger partial charge in [-0.1, -0.05) is 0 Å². The van der Waals surface area contributed by atoms with Gasteiger partial charge in [0, 0.05) is 31.1 Å². The average molecular weight is 442 g/mol.